The molecule has 14 nitrogen and oxygen atoms in total. The van der Waals surface area contributed by atoms with Crippen LogP contribution >= 0.6 is 0 Å². The van der Waals surface area contributed by atoms with E-state index in [9.17, 15) is 44.4 Å². The normalized spacial score (nSPS) is 13.3. The summed E-state index contributed by atoms with van der Waals surface area (Å²) in [5.74, 6) is -4.18. The molecule has 0 aromatic heterocycles. The Balaban J connectivity index is 1.73. The molecule has 0 aliphatic carbocycles. The number of benzene rings is 3. The first-order valence-corrected chi connectivity index (χ1v) is 14.3. The molecule has 0 aliphatic heterocycles. The third-order valence-corrected chi connectivity index (χ3v) is 6.92. The van der Waals surface area contributed by atoms with Gasteiger partial charge in [0, 0.05) is 12.8 Å². The summed E-state index contributed by atoms with van der Waals surface area (Å²) >= 11 is 0. The summed E-state index contributed by atoms with van der Waals surface area (Å²) in [7, 11) is 0. The lowest BCUT2D eigenvalue weighted by Gasteiger charge is -2.24. The fourth-order valence-electron chi connectivity index (χ4n) is 4.32. The zero-order valence-corrected chi connectivity index (χ0v) is 25.0. The van der Waals surface area contributed by atoms with Crippen LogP contribution in [0, 0.1) is 0 Å². The molecule has 4 atom stereocenters. The van der Waals surface area contributed by atoms with Crippen molar-refractivity contribution in [3.63, 3.8) is 0 Å². The van der Waals surface area contributed by atoms with E-state index < -0.39 is 60.3 Å². The minimum atomic E-state index is -1.29. The number of amides is 4. The van der Waals surface area contributed by atoms with Crippen LogP contribution in [0.25, 0.3) is 0 Å². The Kier molecular flexibility index (Phi) is 12.5. The van der Waals surface area contributed by atoms with Crippen LogP contribution in [-0.4, -0.2) is 80.7 Å². The molecule has 0 bridgehead atoms. The molecule has 3 aromatic rings. The average molecular weight is 636 g/mol. The first kappa shape index (κ1) is 34.9. The Morgan fingerprint density at radius 1 is 0.609 bits per heavy atom. The molecule has 3 rings (SSSR count). The van der Waals surface area contributed by atoms with Crippen molar-refractivity contribution in [2.75, 3.05) is 6.54 Å². The summed E-state index contributed by atoms with van der Waals surface area (Å²) in [4.78, 5) is 63.4. The van der Waals surface area contributed by atoms with Crippen LogP contribution in [0.4, 0.5) is 0 Å². The first-order valence-electron chi connectivity index (χ1n) is 14.3. The summed E-state index contributed by atoms with van der Waals surface area (Å²) in [6.45, 7) is 0.743. The van der Waals surface area contributed by atoms with Gasteiger partial charge in [-0.25, -0.2) is 0 Å². The van der Waals surface area contributed by atoms with Crippen molar-refractivity contribution in [1.29, 1.82) is 0 Å². The minimum Gasteiger partial charge on any atom is -0.508 e. The summed E-state index contributed by atoms with van der Waals surface area (Å²) in [5, 5.41) is 47.8. The number of hydrogen-bond acceptors (Lipinski definition) is 9. The van der Waals surface area contributed by atoms with E-state index in [0.29, 0.717) is 16.7 Å². The van der Waals surface area contributed by atoms with E-state index in [2.05, 4.69) is 21.3 Å². The highest BCUT2D eigenvalue weighted by atomic mass is 16.4. The topological polar surface area (TPSA) is 240 Å². The molecule has 3 aromatic carbocycles. The smallest absolute Gasteiger partial charge is 0.325 e. The molecule has 244 valence electrons. The maximum atomic E-state index is 13.6. The van der Waals surface area contributed by atoms with Crippen LogP contribution in [-0.2, 0) is 43.2 Å². The van der Waals surface area contributed by atoms with Crippen LogP contribution < -0.4 is 27.0 Å². The molecule has 0 radical (unpaired) electrons. The molecule has 46 heavy (non-hydrogen) atoms. The van der Waals surface area contributed by atoms with Gasteiger partial charge in [-0.1, -0.05) is 36.4 Å². The molecular formula is C32H37N5O9. The number of phenols is 3. The van der Waals surface area contributed by atoms with Gasteiger partial charge in [-0.2, -0.15) is 0 Å². The molecule has 0 unspecified atom stereocenters. The zero-order valence-electron chi connectivity index (χ0n) is 25.0. The van der Waals surface area contributed by atoms with E-state index in [0.717, 1.165) is 0 Å². The lowest BCUT2D eigenvalue weighted by atomic mass is 10.0. The molecule has 0 fully saturated rings. The Bertz CT molecular complexity index is 1510. The minimum absolute atomic E-state index is 0.0154. The lowest BCUT2D eigenvalue weighted by molar-refractivity contribution is -0.141. The van der Waals surface area contributed by atoms with Crippen molar-refractivity contribution >= 4 is 29.6 Å². The number of hydrogen-bond donors (Lipinski definition) is 9. The fourth-order valence-corrected chi connectivity index (χ4v) is 4.32. The number of aliphatic carboxylic acids is 1. The van der Waals surface area contributed by atoms with Crippen molar-refractivity contribution in [2.45, 2.75) is 50.4 Å². The maximum Gasteiger partial charge on any atom is 0.325 e. The Hall–Kier alpha value is -5.63. The van der Waals surface area contributed by atoms with Crippen LogP contribution in [0.15, 0.2) is 72.8 Å². The first-order chi connectivity index (χ1) is 21.8. The predicted molar refractivity (Wildman–Crippen MR) is 166 cm³/mol. The maximum absolute atomic E-state index is 13.6. The fraction of sp³-hybridized carbons (Fsp3) is 0.281. The second kappa shape index (κ2) is 16.4. The predicted octanol–water partition coefficient (Wildman–Crippen LogP) is -0.166. The standard InChI is InChI=1S/C32H37N5O9/c1-18(32(45)46)35-30(43)27(16-21-6-12-24(40)13-7-21)37-31(44)26(15-20-4-10-23(39)11-5-20)36-28(41)17-34-29(42)25(33)14-19-2-8-22(38)9-3-19/h2-13,18,25-27,38-40H,14-17,33H2,1H3,(H,34,42)(H,35,43)(H,36,41)(H,37,44)(H,45,46)/t18-,25-,26-,27-/m0/s1. The van der Waals surface area contributed by atoms with Crippen molar-refractivity contribution in [1.82, 2.24) is 21.3 Å². The number of phenolic OH excluding ortho intramolecular Hbond substituents is 3. The van der Waals surface area contributed by atoms with Gasteiger partial charge in [0.15, 0.2) is 0 Å². The lowest BCUT2D eigenvalue weighted by Crippen LogP contribution is -2.57. The van der Waals surface area contributed by atoms with Crippen molar-refractivity contribution in [3.8, 4) is 17.2 Å². The quantitative estimate of drug-likeness (QED) is 0.107. The van der Waals surface area contributed by atoms with Gasteiger partial charge in [0.2, 0.25) is 23.6 Å². The second-order valence-electron chi connectivity index (χ2n) is 10.7. The highest BCUT2D eigenvalue weighted by Gasteiger charge is 2.29. The Morgan fingerprint density at radius 3 is 1.43 bits per heavy atom. The monoisotopic (exact) mass is 635 g/mol. The van der Waals surface area contributed by atoms with E-state index >= 15 is 0 Å². The third-order valence-electron chi connectivity index (χ3n) is 6.92. The van der Waals surface area contributed by atoms with Gasteiger partial charge in [0.1, 0.15) is 35.4 Å². The van der Waals surface area contributed by atoms with Crippen molar-refractivity contribution in [2.24, 2.45) is 5.73 Å². The van der Waals surface area contributed by atoms with Crippen LogP contribution in [0.3, 0.4) is 0 Å². The highest BCUT2D eigenvalue weighted by Crippen LogP contribution is 2.14. The SMILES string of the molecule is C[C@H](NC(=O)[C@H](Cc1ccc(O)cc1)NC(=O)[C@H](Cc1ccc(O)cc1)NC(=O)CNC(=O)[C@@H](N)Cc1ccc(O)cc1)C(=O)O. The van der Waals surface area contributed by atoms with E-state index in [1.165, 1.54) is 55.5 Å². The van der Waals surface area contributed by atoms with Gasteiger partial charge < -0.3 is 47.4 Å². The Labute approximate surface area is 264 Å². The molecule has 10 N–H and O–H groups in total. The van der Waals surface area contributed by atoms with Gasteiger partial charge in [0.25, 0.3) is 0 Å². The van der Waals surface area contributed by atoms with E-state index in [4.69, 9.17) is 5.73 Å². The number of carboxylic acid groups (broad SMARTS) is 1. The molecule has 14 heteroatoms. The van der Waals surface area contributed by atoms with E-state index in [-0.39, 0.29) is 36.5 Å². The second-order valence-corrected chi connectivity index (χ2v) is 10.7. The Morgan fingerprint density at radius 2 is 1.00 bits per heavy atom. The summed E-state index contributed by atoms with van der Waals surface area (Å²) in [6.07, 6.45) is 0.00881. The molecule has 0 saturated carbocycles. The molecule has 0 saturated heterocycles. The molecular weight excluding hydrogens is 598 g/mol. The number of rotatable bonds is 15. The zero-order chi connectivity index (χ0) is 33.8. The van der Waals surface area contributed by atoms with Crippen LogP contribution in [0.5, 0.6) is 17.2 Å². The van der Waals surface area contributed by atoms with Gasteiger partial charge >= 0.3 is 5.97 Å². The third kappa shape index (κ3) is 11.1. The summed E-state index contributed by atoms with van der Waals surface area (Å²) in [5.41, 5.74) is 7.76. The highest BCUT2D eigenvalue weighted by molar-refractivity contribution is 5.94. The van der Waals surface area contributed by atoms with Gasteiger partial charge in [-0.15, -0.1) is 0 Å². The van der Waals surface area contributed by atoms with Gasteiger partial charge in [-0.05, 0) is 66.4 Å². The average Bonchev–Trinajstić information content (AvgIpc) is 3.02. The number of carboxylic acids is 1. The molecule has 4 amide bonds. The molecule has 0 aliphatic rings. The van der Waals surface area contributed by atoms with Crippen LogP contribution in [0.2, 0.25) is 0 Å². The largest absolute Gasteiger partial charge is 0.508 e. The number of nitrogens with two attached hydrogens (primary N) is 1. The number of aromatic hydroxyl groups is 3. The van der Waals surface area contributed by atoms with Crippen LogP contribution in [0.1, 0.15) is 23.6 Å². The molecule has 0 heterocycles. The number of carbonyl (C=O) groups excluding carboxylic acids is 4. The van der Waals surface area contributed by atoms with Gasteiger partial charge in [-0.3, -0.25) is 24.0 Å². The number of nitrogens with one attached hydrogen (secondary N) is 4. The van der Waals surface area contributed by atoms with Gasteiger partial charge in [0.05, 0.1) is 12.6 Å². The number of carbonyl (C=O) groups is 5. The summed E-state index contributed by atoms with van der Waals surface area (Å²) < 4.78 is 0. The van der Waals surface area contributed by atoms with Crippen molar-refractivity contribution < 1.29 is 44.4 Å². The summed E-state index contributed by atoms with van der Waals surface area (Å²) in [6, 6.07) is 13.1. The van der Waals surface area contributed by atoms with E-state index in [1.807, 2.05) is 0 Å². The molecule has 0 spiro atoms. The van der Waals surface area contributed by atoms with Crippen molar-refractivity contribution in [3.05, 3.63) is 89.5 Å². The van der Waals surface area contributed by atoms with E-state index in [1.54, 1.807) is 24.3 Å².